The van der Waals surface area contributed by atoms with E-state index in [1.165, 1.54) is 46.0 Å². The highest BCUT2D eigenvalue weighted by Crippen LogP contribution is 2.43. The third-order valence-electron chi connectivity index (χ3n) is 8.45. The van der Waals surface area contributed by atoms with Crippen LogP contribution in [0, 0.1) is 26.6 Å². The van der Waals surface area contributed by atoms with Gasteiger partial charge >= 0.3 is 0 Å². The van der Waals surface area contributed by atoms with Crippen molar-refractivity contribution >= 4 is 10.0 Å². The maximum Gasteiger partial charge on any atom is 0.243 e. The van der Waals surface area contributed by atoms with E-state index in [1.807, 2.05) is 0 Å². The summed E-state index contributed by atoms with van der Waals surface area (Å²) in [5.41, 5.74) is 6.62. The summed E-state index contributed by atoms with van der Waals surface area (Å²) in [5, 5.41) is 0. The standard InChI is InChI=1S/C31H37FN2O3S/c1-21-8-7-9-27(23(21)3)24-10-12-25(13-11-24)31-28-19-33(16-5-6-17-34(28)29(31)20-37-4)38(35,36)30-15-14-26(32)18-22(30)2/h7-15,18,28-29,31H,5-6,16-17,19-20H2,1-4H3/t28-,29+,31-/m0/s1. The first-order chi connectivity index (χ1) is 18.2. The lowest BCUT2D eigenvalue weighted by Crippen LogP contribution is -2.68. The Kier molecular flexibility index (Phi) is 7.74. The van der Waals surface area contributed by atoms with Crippen LogP contribution in [0.15, 0.2) is 65.6 Å². The molecule has 0 aliphatic carbocycles. The molecule has 3 aromatic rings. The molecule has 2 saturated heterocycles. The molecule has 38 heavy (non-hydrogen) atoms. The van der Waals surface area contributed by atoms with Gasteiger partial charge in [0.2, 0.25) is 10.0 Å². The number of fused-ring (bicyclic) bond motifs is 1. The molecule has 0 aromatic heterocycles. The molecule has 3 aromatic carbocycles. The van der Waals surface area contributed by atoms with Gasteiger partial charge in [0.25, 0.3) is 0 Å². The predicted octanol–water partition coefficient (Wildman–Crippen LogP) is 5.69. The Morgan fingerprint density at radius 2 is 1.68 bits per heavy atom. The van der Waals surface area contributed by atoms with Gasteiger partial charge in [0.05, 0.1) is 11.5 Å². The quantitative estimate of drug-likeness (QED) is 0.407. The minimum absolute atomic E-state index is 0.0533. The number of aryl methyl sites for hydroxylation is 2. The van der Waals surface area contributed by atoms with Crippen LogP contribution in [0.1, 0.15) is 41.0 Å². The fourth-order valence-corrected chi connectivity index (χ4v) is 7.97. The molecule has 3 atom stereocenters. The van der Waals surface area contributed by atoms with Crippen LogP contribution in [-0.4, -0.2) is 63.1 Å². The van der Waals surface area contributed by atoms with Crippen LogP contribution in [0.4, 0.5) is 4.39 Å². The van der Waals surface area contributed by atoms with Gasteiger partial charge in [-0.15, -0.1) is 0 Å². The molecule has 0 saturated carbocycles. The molecule has 5 nitrogen and oxygen atoms in total. The van der Waals surface area contributed by atoms with Crippen molar-refractivity contribution in [2.45, 2.75) is 56.5 Å². The summed E-state index contributed by atoms with van der Waals surface area (Å²) in [7, 11) is -2.02. The van der Waals surface area contributed by atoms with E-state index in [0.717, 1.165) is 19.4 Å². The molecule has 5 rings (SSSR count). The topological polar surface area (TPSA) is 49.9 Å². The molecule has 0 N–H and O–H groups in total. The summed E-state index contributed by atoms with van der Waals surface area (Å²) in [4.78, 5) is 2.61. The molecule has 2 aliphatic rings. The summed E-state index contributed by atoms with van der Waals surface area (Å²) >= 11 is 0. The molecule has 0 spiro atoms. The number of methoxy groups -OCH3 is 1. The van der Waals surface area contributed by atoms with Crippen molar-refractivity contribution in [3.05, 3.63) is 88.7 Å². The van der Waals surface area contributed by atoms with Gasteiger partial charge in [-0.2, -0.15) is 4.31 Å². The fraction of sp³-hybridized carbons (Fsp3) is 0.419. The zero-order chi connectivity index (χ0) is 27.0. The van der Waals surface area contributed by atoms with Crippen molar-refractivity contribution in [2.75, 3.05) is 33.4 Å². The largest absolute Gasteiger partial charge is 0.383 e. The third kappa shape index (κ3) is 4.93. The summed E-state index contributed by atoms with van der Waals surface area (Å²) in [6, 6.07) is 19.3. The second-order valence-corrected chi connectivity index (χ2v) is 12.6. The van der Waals surface area contributed by atoms with Crippen LogP contribution in [0.2, 0.25) is 0 Å². The van der Waals surface area contributed by atoms with Gasteiger partial charge in [0.15, 0.2) is 0 Å². The monoisotopic (exact) mass is 536 g/mol. The van der Waals surface area contributed by atoms with Crippen LogP contribution < -0.4 is 0 Å². The molecule has 0 bridgehead atoms. The van der Waals surface area contributed by atoms with E-state index in [9.17, 15) is 12.8 Å². The number of sulfonamides is 1. The van der Waals surface area contributed by atoms with E-state index in [2.05, 4.69) is 61.2 Å². The SMILES string of the molecule is COC[C@@H]1[C@@H](c2ccc(-c3cccc(C)c3C)cc2)[C@@H]2CN(S(=O)(=O)c3ccc(F)cc3C)CCCCN12. The van der Waals surface area contributed by atoms with E-state index >= 15 is 0 Å². The molecule has 7 heteroatoms. The van der Waals surface area contributed by atoms with E-state index < -0.39 is 15.8 Å². The lowest BCUT2D eigenvalue weighted by molar-refractivity contribution is -0.0635. The smallest absolute Gasteiger partial charge is 0.243 e. The Morgan fingerprint density at radius 3 is 2.39 bits per heavy atom. The number of benzene rings is 3. The van der Waals surface area contributed by atoms with E-state index in [4.69, 9.17) is 4.74 Å². The first kappa shape index (κ1) is 27.0. The molecular formula is C31H37FN2O3S. The highest BCUT2D eigenvalue weighted by Gasteiger charge is 2.50. The fourth-order valence-electron chi connectivity index (χ4n) is 6.27. The lowest BCUT2D eigenvalue weighted by Gasteiger charge is -2.57. The highest BCUT2D eigenvalue weighted by molar-refractivity contribution is 7.89. The van der Waals surface area contributed by atoms with Gasteiger partial charge in [-0.25, -0.2) is 12.8 Å². The van der Waals surface area contributed by atoms with Crippen LogP contribution in [0.3, 0.4) is 0 Å². The van der Waals surface area contributed by atoms with E-state index in [-0.39, 0.29) is 22.9 Å². The molecule has 202 valence electrons. The van der Waals surface area contributed by atoms with Crippen LogP contribution >= 0.6 is 0 Å². The Bertz CT molecular complexity index is 1410. The zero-order valence-electron chi connectivity index (χ0n) is 22.7. The average Bonchev–Trinajstić information content (AvgIpc) is 2.87. The van der Waals surface area contributed by atoms with E-state index in [0.29, 0.717) is 25.3 Å². The second-order valence-electron chi connectivity index (χ2n) is 10.7. The summed E-state index contributed by atoms with van der Waals surface area (Å²) in [5.74, 6) is -0.265. The molecule has 0 amide bonds. The third-order valence-corrected chi connectivity index (χ3v) is 10.5. The van der Waals surface area contributed by atoms with Crippen LogP contribution in [-0.2, 0) is 14.8 Å². The summed E-state index contributed by atoms with van der Waals surface area (Å²) in [6.45, 7) is 8.35. The van der Waals surface area contributed by atoms with Gasteiger partial charge in [-0.1, -0.05) is 42.5 Å². The highest BCUT2D eigenvalue weighted by atomic mass is 32.2. The number of halogens is 1. The number of nitrogens with zero attached hydrogens (tertiary/aromatic N) is 2. The van der Waals surface area contributed by atoms with Crippen molar-refractivity contribution in [1.82, 2.24) is 9.21 Å². The predicted molar refractivity (Wildman–Crippen MR) is 149 cm³/mol. The van der Waals surface area contributed by atoms with Crippen LogP contribution in [0.25, 0.3) is 11.1 Å². The van der Waals surface area contributed by atoms with Crippen molar-refractivity contribution in [1.29, 1.82) is 0 Å². The minimum atomic E-state index is -3.75. The van der Waals surface area contributed by atoms with E-state index in [1.54, 1.807) is 18.3 Å². The Labute approximate surface area is 226 Å². The van der Waals surface area contributed by atoms with Crippen molar-refractivity contribution in [3.63, 3.8) is 0 Å². The van der Waals surface area contributed by atoms with Gasteiger partial charge in [-0.3, -0.25) is 4.90 Å². The Balaban J connectivity index is 1.46. The maximum atomic E-state index is 13.7. The molecule has 0 unspecified atom stereocenters. The first-order valence-electron chi connectivity index (χ1n) is 13.4. The zero-order valence-corrected chi connectivity index (χ0v) is 23.5. The van der Waals surface area contributed by atoms with Crippen LogP contribution in [0.5, 0.6) is 0 Å². The van der Waals surface area contributed by atoms with Crippen molar-refractivity contribution in [3.8, 4) is 11.1 Å². The maximum absolute atomic E-state index is 13.7. The molecule has 2 aliphatic heterocycles. The summed E-state index contributed by atoms with van der Waals surface area (Å²) < 4.78 is 48.4. The molecule has 2 fully saturated rings. The average molecular weight is 537 g/mol. The molecule has 2 heterocycles. The number of hydrogen-bond donors (Lipinski definition) is 0. The second kappa shape index (κ2) is 10.9. The number of ether oxygens (including phenoxy) is 1. The Hall–Kier alpha value is -2.58. The lowest BCUT2D eigenvalue weighted by atomic mass is 9.74. The normalized spacial score (nSPS) is 22.8. The van der Waals surface area contributed by atoms with Crippen molar-refractivity contribution < 1.29 is 17.5 Å². The molecular weight excluding hydrogens is 499 g/mol. The van der Waals surface area contributed by atoms with Gasteiger partial charge in [0, 0.05) is 38.2 Å². The molecule has 0 radical (unpaired) electrons. The van der Waals surface area contributed by atoms with Gasteiger partial charge in [-0.05, 0) is 91.7 Å². The summed E-state index contributed by atoms with van der Waals surface area (Å²) in [6.07, 6.45) is 1.71. The van der Waals surface area contributed by atoms with Crippen molar-refractivity contribution in [2.24, 2.45) is 0 Å². The number of rotatable bonds is 6. The van der Waals surface area contributed by atoms with Gasteiger partial charge < -0.3 is 4.74 Å². The first-order valence-corrected chi connectivity index (χ1v) is 14.8. The minimum Gasteiger partial charge on any atom is -0.383 e. The number of hydrogen-bond acceptors (Lipinski definition) is 4. The Morgan fingerprint density at radius 1 is 0.947 bits per heavy atom. The van der Waals surface area contributed by atoms with Gasteiger partial charge in [0.1, 0.15) is 5.82 Å².